The van der Waals surface area contributed by atoms with E-state index >= 15 is 0 Å². The molecule has 2 aromatic heterocycles. The number of rotatable bonds is 5. The van der Waals surface area contributed by atoms with Gasteiger partial charge in [-0.3, -0.25) is 4.79 Å². The van der Waals surface area contributed by atoms with Crippen LogP contribution in [0.4, 0.5) is 0 Å². The van der Waals surface area contributed by atoms with Gasteiger partial charge in [-0.25, -0.2) is 8.42 Å². The van der Waals surface area contributed by atoms with Crippen LogP contribution >= 0.6 is 0 Å². The molecule has 3 heterocycles. The minimum Gasteiger partial charge on any atom is -0.472 e. The van der Waals surface area contributed by atoms with Crippen molar-refractivity contribution in [1.82, 2.24) is 13.8 Å². The molecule has 0 spiro atoms. The highest BCUT2D eigenvalue weighted by atomic mass is 32.2. The monoisotopic (exact) mass is 351 g/mol. The zero-order chi connectivity index (χ0) is 17.3. The number of hydrogen-bond acceptors (Lipinski definition) is 4. The molecule has 0 N–H and O–H groups in total. The number of fused-ring (bicyclic) bond motifs is 1. The van der Waals surface area contributed by atoms with Crippen molar-refractivity contribution in [3.63, 3.8) is 0 Å². The fourth-order valence-electron chi connectivity index (χ4n) is 3.14. The maximum Gasteiger partial charge on any atom is 0.238 e. The van der Waals surface area contributed by atoms with E-state index < -0.39 is 10.0 Å². The molecule has 1 atom stereocenters. The minimum atomic E-state index is -3.41. The third-order valence-electron chi connectivity index (χ3n) is 4.35. The summed E-state index contributed by atoms with van der Waals surface area (Å²) in [5.41, 5.74) is 1.88. The highest BCUT2D eigenvalue weighted by Gasteiger charge is 2.34. The van der Waals surface area contributed by atoms with E-state index in [1.165, 1.54) is 4.31 Å². The molecule has 1 unspecified atom stereocenters. The molecule has 0 saturated heterocycles. The molecule has 0 fully saturated rings. The Bertz CT molecular complexity index is 810. The molecule has 0 radical (unpaired) electrons. The molecule has 1 aliphatic rings. The van der Waals surface area contributed by atoms with Gasteiger partial charge in [-0.15, -0.1) is 0 Å². The highest BCUT2D eigenvalue weighted by molar-refractivity contribution is 7.88. The second kappa shape index (κ2) is 6.45. The van der Waals surface area contributed by atoms with Gasteiger partial charge in [-0.2, -0.15) is 4.31 Å². The lowest BCUT2D eigenvalue weighted by atomic mass is 10.0. The number of amides is 1. The first-order valence-electron chi connectivity index (χ1n) is 7.83. The smallest absolute Gasteiger partial charge is 0.238 e. The summed E-state index contributed by atoms with van der Waals surface area (Å²) in [6, 6.07) is 5.50. The molecule has 3 rings (SSSR count). The van der Waals surface area contributed by atoms with Crippen molar-refractivity contribution in [1.29, 1.82) is 0 Å². The Balaban J connectivity index is 1.90. The Labute approximate surface area is 141 Å². The van der Waals surface area contributed by atoms with Crippen molar-refractivity contribution >= 4 is 15.9 Å². The summed E-state index contributed by atoms with van der Waals surface area (Å²) in [5, 5.41) is 0. The lowest BCUT2D eigenvalue weighted by Gasteiger charge is -2.37. The molecule has 0 aromatic carbocycles. The van der Waals surface area contributed by atoms with Crippen LogP contribution in [-0.4, -0.2) is 54.0 Å². The largest absolute Gasteiger partial charge is 0.472 e. The first-order chi connectivity index (χ1) is 11.4. The molecule has 0 saturated carbocycles. The number of carbonyl (C=O) groups excluding carboxylic acids is 1. The van der Waals surface area contributed by atoms with Crippen LogP contribution in [-0.2, 0) is 21.4 Å². The van der Waals surface area contributed by atoms with Gasteiger partial charge in [0.1, 0.15) is 6.04 Å². The third kappa shape index (κ3) is 3.11. The molecule has 130 valence electrons. The topological polar surface area (TPSA) is 75.8 Å². The molecule has 7 nitrogen and oxygen atoms in total. The minimum absolute atomic E-state index is 0.148. The average Bonchev–Trinajstić information content (AvgIpc) is 3.20. The second-order valence-electron chi connectivity index (χ2n) is 5.86. The van der Waals surface area contributed by atoms with Gasteiger partial charge >= 0.3 is 0 Å². The summed E-state index contributed by atoms with van der Waals surface area (Å²) in [7, 11) is -3.41. The van der Waals surface area contributed by atoms with E-state index in [0.717, 1.165) is 17.5 Å². The Hall–Kier alpha value is -2.06. The lowest BCUT2D eigenvalue weighted by molar-refractivity contribution is -0.134. The van der Waals surface area contributed by atoms with Crippen molar-refractivity contribution in [3.05, 3.63) is 48.2 Å². The van der Waals surface area contributed by atoms with Gasteiger partial charge < -0.3 is 13.9 Å². The van der Waals surface area contributed by atoms with Crippen LogP contribution in [0, 0.1) is 0 Å². The molecule has 24 heavy (non-hydrogen) atoms. The third-order valence-corrected chi connectivity index (χ3v) is 5.68. The van der Waals surface area contributed by atoms with E-state index in [0.29, 0.717) is 13.1 Å². The van der Waals surface area contributed by atoms with Crippen molar-refractivity contribution in [3.8, 4) is 0 Å². The van der Waals surface area contributed by atoms with Crippen LogP contribution in [0.15, 0.2) is 41.3 Å². The molecular formula is C16H21N3O4S. The number of likely N-dealkylation sites (N-methyl/N-ethyl adjacent to an activating group) is 1. The maximum atomic E-state index is 12.8. The predicted molar refractivity (Wildman–Crippen MR) is 88.8 cm³/mol. The standard InChI is InChI=1S/C16H21N3O4S/c1-3-18(24(2,21)22)11-15(20)19-9-8-17-7-4-5-14(17)16(19)13-6-10-23-12-13/h4-7,10,12,16H,3,8-9,11H2,1-2H3. The number of carbonyl (C=O) groups is 1. The van der Waals surface area contributed by atoms with Gasteiger partial charge in [0.2, 0.25) is 15.9 Å². The summed E-state index contributed by atoms with van der Waals surface area (Å²) in [6.07, 6.45) is 6.31. The summed E-state index contributed by atoms with van der Waals surface area (Å²) >= 11 is 0. The van der Waals surface area contributed by atoms with Crippen molar-refractivity contribution in [2.24, 2.45) is 0 Å². The molecule has 1 amide bonds. The molecular weight excluding hydrogens is 330 g/mol. The Kier molecular flexibility index (Phi) is 4.51. The molecule has 0 aliphatic carbocycles. The van der Waals surface area contributed by atoms with Gasteiger partial charge in [0.15, 0.2) is 0 Å². The SMILES string of the molecule is CCN(CC(=O)N1CCn2cccc2C1c1ccoc1)S(C)(=O)=O. The Morgan fingerprint density at radius 2 is 2.17 bits per heavy atom. The van der Waals surface area contributed by atoms with Gasteiger partial charge in [0.05, 0.1) is 25.3 Å². The van der Waals surface area contributed by atoms with E-state index in [4.69, 9.17) is 4.42 Å². The van der Waals surface area contributed by atoms with Gasteiger partial charge in [-0.05, 0) is 18.2 Å². The first-order valence-corrected chi connectivity index (χ1v) is 9.68. The molecule has 0 bridgehead atoms. The number of furan rings is 1. The van der Waals surface area contributed by atoms with E-state index in [2.05, 4.69) is 4.57 Å². The zero-order valence-corrected chi connectivity index (χ0v) is 14.6. The fraction of sp³-hybridized carbons (Fsp3) is 0.438. The normalized spacial score (nSPS) is 18.0. The highest BCUT2D eigenvalue weighted by Crippen LogP contribution is 2.32. The van der Waals surface area contributed by atoms with Crippen molar-refractivity contribution < 1.29 is 17.6 Å². The first kappa shape index (κ1) is 16.8. The number of nitrogens with zero attached hydrogens (tertiary/aromatic N) is 3. The van der Waals surface area contributed by atoms with Crippen LogP contribution < -0.4 is 0 Å². The van der Waals surface area contributed by atoms with Crippen LogP contribution in [0.3, 0.4) is 0 Å². The Morgan fingerprint density at radius 3 is 2.79 bits per heavy atom. The van der Waals surface area contributed by atoms with E-state index in [-0.39, 0.29) is 25.0 Å². The van der Waals surface area contributed by atoms with Gasteiger partial charge in [0.25, 0.3) is 0 Å². The number of sulfonamides is 1. The maximum absolute atomic E-state index is 12.8. The molecule has 8 heteroatoms. The second-order valence-corrected chi connectivity index (χ2v) is 7.84. The number of aromatic nitrogens is 1. The van der Waals surface area contributed by atoms with Gasteiger partial charge in [0, 0.05) is 37.1 Å². The van der Waals surface area contributed by atoms with Crippen LogP contribution in [0.1, 0.15) is 24.2 Å². The zero-order valence-electron chi connectivity index (χ0n) is 13.8. The van der Waals surface area contributed by atoms with Crippen molar-refractivity contribution in [2.45, 2.75) is 19.5 Å². The van der Waals surface area contributed by atoms with E-state index in [1.807, 2.05) is 24.4 Å². The molecule has 2 aromatic rings. The summed E-state index contributed by atoms with van der Waals surface area (Å²) < 4.78 is 32.1. The predicted octanol–water partition coefficient (Wildman–Crippen LogP) is 1.29. The summed E-state index contributed by atoms with van der Waals surface area (Å²) in [6.45, 7) is 3.06. The van der Waals surface area contributed by atoms with Crippen molar-refractivity contribution in [2.75, 3.05) is 25.9 Å². The van der Waals surface area contributed by atoms with E-state index in [9.17, 15) is 13.2 Å². The quantitative estimate of drug-likeness (QED) is 0.813. The fourth-order valence-corrected chi connectivity index (χ4v) is 3.95. The van der Waals surface area contributed by atoms with E-state index in [1.54, 1.807) is 24.3 Å². The summed E-state index contributed by atoms with van der Waals surface area (Å²) in [4.78, 5) is 14.6. The van der Waals surface area contributed by atoms with Crippen LogP contribution in [0.2, 0.25) is 0 Å². The molecule has 1 aliphatic heterocycles. The lowest BCUT2D eigenvalue weighted by Crippen LogP contribution is -2.47. The summed E-state index contributed by atoms with van der Waals surface area (Å²) in [5.74, 6) is -0.207. The Morgan fingerprint density at radius 1 is 1.38 bits per heavy atom. The number of hydrogen-bond donors (Lipinski definition) is 0. The van der Waals surface area contributed by atoms with Gasteiger partial charge in [-0.1, -0.05) is 6.92 Å². The average molecular weight is 351 g/mol. The van der Waals surface area contributed by atoms with Crippen LogP contribution in [0.25, 0.3) is 0 Å². The van der Waals surface area contributed by atoms with Crippen LogP contribution in [0.5, 0.6) is 0 Å².